The summed E-state index contributed by atoms with van der Waals surface area (Å²) in [6.07, 6.45) is 9.28. The number of terminal acetylenes is 1. The Kier molecular flexibility index (Phi) is 3.77. The van der Waals surface area contributed by atoms with E-state index < -0.39 is 6.10 Å². The number of aliphatic hydroxyl groups excluding tert-OH is 1. The van der Waals surface area contributed by atoms with Crippen molar-refractivity contribution in [1.82, 2.24) is 0 Å². The molecule has 1 aliphatic rings. The zero-order chi connectivity index (χ0) is 9.73. The summed E-state index contributed by atoms with van der Waals surface area (Å²) < 4.78 is 5.66. The number of rotatable bonds is 4. The van der Waals surface area contributed by atoms with Crippen molar-refractivity contribution in [2.45, 2.75) is 50.7 Å². The monoisotopic (exact) mass is 182 g/mol. The fraction of sp³-hybridized carbons (Fsp3) is 0.818. The lowest BCUT2D eigenvalue weighted by molar-refractivity contribution is -0.114. The van der Waals surface area contributed by atoms with E-state index in [0.29, 0.717) is 13.0 Å². The van der Waals surface area contributed by atoms with E-state index in [2.05, 4.69) is 5.92 Å². The Labute approximate surface area is 80.3 Å². The molecule has 1 unspecified atom stereocenters. The predicted octanol–water partition coefficient (Wildman–Crippen LogP) is 1.72. The lowest BCUT2D eigenvalue weighted by Gasteiger charge is -2.33. The van der Waals surface area contributed by atoms with Gasteiger partial charge in [0.2, 0.25) is 0 Å². The summed E-state index contributed by atoms with van der Waals surface area (Å²) in [6, 6.07) is 0. The van der Waals surface area contributed by atoms with E-state index in [1.54, 1.807) is 0 Å². The van der Waals surface area contributed by atoms with Crippen LogP contribution in [0.25, 0.3) is 0 Å². The highest BCUT2D eigenvalue weighted by atomic mass is 16.5. The molecule has 1 atom stereocenters. The van der Waals surface area contributed by atoms with Crippen molar-refractivity contribution in [3.63, 3.8) is 0 Å². The Morgan fingerprint density at radius 3 is 2.62 bits per heavy atom. The number of aliphatic hydroxyl groups is 1. The van der Waals surface area contributed by atoms with Crippen LogP contribution in [0.1, 0.15) is 39.0 Å². The molecule has 1 saturated carbocycles. The van der Waals surface area contributed by atoms with Crippen LogP contribution in [0.4, 0.5) is 0 Å². The average molecular weight is 182 g/mol. The second-order valence-electron chi connectivity index (χ2n) is 3.63. The van der Waals surface area contributed by atoms with E-state index in [1.807, 2.05) is 6.92 Å². The first-order valence-corrected chi connectivity index (χ1v) is 5.00. The fourth-order valence-corrected chi connectivity index (χ4v) is 2.13. The Morgan fingerprint density at radius 2 is 2.15 bits per heavy atom. The van der Waals surface area contributed by atoms with Gasteiger partial charge in [0.05, 0.1) is 11.7 Å². The van der Waals surface area contributed by atoms with E-state index in [1.165, 1.54) is 0 Å². The van der Waals surface area contributed by atoms with E-state index in [9.17, 15) is 5.11 Å². The summed E-state index contributed by atoms with van der Waals surface area (Å²) in [5.74, 6) is 2.50. The minimum absolute atomic E-state index is 0.332. The minimum Gasteiger partial charge on any atom is -0.389 e. The highest BCUT2D eigenvalue weighted by Crippen LogP contribution is 2.37. The molecule has 0 bridgehead atoms. The van der Waals surface area contributed by atoms with Gasteiger partial charge in [-0.1, -0.05) is 12.8 Å². The van der Waals surface area contributed by atoms with Crippen LogP contribution in [-0.4, -0.2) is 23.4 Å². The summed E-state index contributed by atoms with van der Waals surface area (Å²) >= 11 is 0. The molecule has 0 radical (unpaired) electrons. The first-order valence-electron chi connectivity index (χ1n) is 5.00. The van der Waals surface area contributed by atoms with Gasteiger partial charge < -0.3 is 9.84 Å². The van der Waals surface area contributed by atoms with Crippen LogP contribution in [-0.2, 0) is 4.74 Å². The summed E-state index contributed by atoms with van der Waals surface area (Å²) in [6.45, 7) is 2.62. The van der Waals surface area contributed by atoms with Gasteiger partial charge in [0, 0.05) is 13.0 Å². The summed E-state index contributed by atoms with van der Waals surface area (Å²) in [4.78, 5) is 0. The van der Waals surface area contributed by atoms with Gasteiger partial charge in [0.1, 0.15) is 0 Å². The van der Waals surface area contributed by atoms with Crippen LogP contribution in [0.15, 0.2) is 0 Å². The van der Waals surface area contributed by atoms with Crippen molar-refractivity contribution in [3.8, 4) is 12.3 Å². The molecule has 0 aromatic rings. The fourth-order valence-electron chi connectivity index (χ4n) is 2.13. The van der Waals surface area contributed by atoms with E-state index in [4.69, 9.17) is 11.2 Å². The smallest absolute Gasteiger partial charge is 0.0949 e. The summed E-state index contributed by atoms with van der Waals surface area (Å²) in [5.41, 5.74) is -0.332. The maximum absolute atomic E-state index is 9.86. The minimum atomic E-state index is -0.486. The molecule has 0 spiro atoms. The number of ether oxygens (including phenoxy) is 1. The van der Waals surface area contributed by atoms with Crippen molar-refractivity contribution in [2.24, 2.45) is 0 Å². The molecule has 2 nitrogen and oxygen atoms in total. The highest BCUT2D eigenvalue weighted by molar-refractivity contribution is 4.99. The van der Waals surface area contributed by atoms with Gasteiger partial charge >= 0.3 is 0 Å². The molecule has 0 aromatic carbocycles. The van der Waals surface area contributed by atoms with Gasteiger partial charge in [-0.15, -0.1) is 12.3 Å². The molecule has 1 aliphatic carbocycles. The Bertz CT molecular complexity index is 187. The van der Waals surface area contributed by atoms with Crippen LogP contribution >= 0.6 is 0 Å². The quantitative estimate of drug-likeness (QED) is 0.671. The van der Waals surface area contributed by atoms with Gasteiger partial charge in [-0.3, -0.25) is 0 Å². The number of hydrogen-bond donors (Lipinski definition) is 1. The first kappa shape index (κ1) is 10.6. The molecule has 2 heteroatoms. The SMILES string of the molecule is C#CCC(O)C1(OCC)CCCC1. The Morgan fingerprint density at radius 1 is 1.54 bits per heavy atom. The Balaban J connectivity index is 2.60. The third-order valence-corrected chi connectivity index (χ3v) is 2.80. The molecule has 74 valence electrons. The van der Waals surface area contributed by atoms with Gasteiger partial charge in [-0.05, 0) is 19.8 Å². The third-order valence-electron chi connectivity index (χ3n) is 2.80. The second kappa shape index (κ2) is 4.64. The molecule has 0 heterocycles. The molecule has 0 aliphatic heterocycles. The Hall–Kier alpha value is -0.520. The average Bonchev–Trinajstić information content (AvgIpc) is 2.55. The predicted molar refractivity (Wildman–Crippen MR) is 52.3 cm³/mol. The molecule has 1 rings (SSSR count). The van der Waals surface area contributed by atoms with Crippen LogP contribution in [0.5, 0.6) is 0 Å². The van der Waals surface area contributed by atoms with Crippen LogP contribution < -0.4 is 0 Å². The second-order valence-corrected chi connectivity index (χ2v) is 3.63. The molecule has 0 amide bonds. The molecular formula is C11H18O2. The van der Waals surface area contributed by atoms with Crippen molar-refractivity contribution >= 4 is 0 Å². The largest absolute Gasteiger partial charge is 0.389 e. The zero-order valence-corrected chi connectivity index (χ0v) is 8.25. The maximum atomic E-state index is 9.86. The van der Waals surface area contributed by atoms with E-state index >= 15 is 0 Å². The zero-order valence-electron chi connectivity index (χ0n) is 8.25. The van der Waals surface area contributed by atoms with Crippen LogP contribution in [0.2, 0.25) is 0 Å². The molecule has 1 N–H and O–H groups in total. The van der Waals surface area contributed by atoms with Crippen LogP contribution in [0, 0.1) is 12.3 Å². The normalized spacial score (nSPS) is 22.5. The van der Waals surface area contributed by atoms with Crippen LogP contribution in [0.3, 0.4) is 0 Å². The van der Waals surface area contributed by atoms with Gasteiger partial charge in [-0.2, -0.15) is 0 Å². The van der Waals surface area contributed by atoms with Gasteiger partial charge in [0.25, 0.3) is 0 Å². The molecule has 0 aromatic heterocycles. The first-order chi connectivity index (χ1) is 6.25. The van der Waals surface area contributed by atoms with Crippen molar-refractivity contribution in [2.75, 3.05) is 6.61 Å². The molecule has 13 heavy (non-hydrogen) atoms. The topological polar surface area (TPSA) is 29.5 Å². The van der Waals surface area contributed by atoms with Gasteiger partial charge in [-0.25, -0.2) is 0 Å². The lowest BCUT2D eigenvalue weighted by Crippen LogP contribution is -2.42. The maximum Gasteiger partial charge on any atom is 0.0949 e. The molecule has 0 saturated heterocycles. The standard InChI is InChI=1S/C11H18O2/c1-3-7-10(12)11(13-4-2)8-5-6-9-11/h1,10,12H,4-9H2,2H3. The molecule has 1 fully saturated rings. The molecular weight excluding hydrogens is 164 g/mol. The van der Waals surface area contributed by atoms with Crippen molar-refractivity contribution < 1.29 is 9.84 Å². The van der Waals surface area contributed by atoms with E-state index in [-0.39, 0.29) is 5.60 Å². The van der Waals surface area contributed by atoms with E-state index in [0.717, 1.165) is 25.7 Å². The van der Waals surface area contributed by atoms with Gasteiger partial charge in [0.15, 0.2) is 0 Å². The van der Waals surface area contributed by atoms with Crippen molar-refractivity contribution in [1.29, 1.82) is 0 Å². The summed E-state index contributed by atoms with van der Waals surface area (Å²) in [7, 11) is 0. The highest BCUT2D eigenvalue weighted by Gasteiger charge is 2.40. The third kappa shape index (κ3) is 2.24. The van der Waals surface area contributed by atoms with Crippen molar-refractivity contribution in [3.05, 3.63) is 0 Å². The lowest BCUT2D eigenvalue weighted by atomic mass is 9.92. The summed E-state index contributed by atoms with van der Waals surface area (Å²) in [5, 5.41) is 9.86. The number of hydrogen-bond acceptors (Lipinski definition) is 2.